The smallest absolute Gasteiger partial charge is 0.253 e. The van der Waals surface area contributed by atoms with E-state index in [9.17, 15) is 14.7 Å². The number of likely N-dealkylation sites (N-methyl/N-ethyl adjacent to an activating group) is 1. The van der Waals surface area contributed by atoms with Gasteiger partial charge in [-0.1, -0.05) is 66.4 Å². The van der Waals surface area contributed by atoms with Gasteiger partial charge in [-0.15, -0.1) is 0 Å². The molecule has 1 amide bonds. The topological polar surface area (TPSA) is 76.6 Å². The number of aliphatic hydroxyl groups is 1. The number of hydrogen-bond acceptors (Lipinski definition) is 4. The third kappa shape index (κ3) is 5.61. The number of ketones is 1. The Kier molecular flexibility index (Phi) is 7.70. The fourth-order valence-corrected chi connectivity index (χ4v) is 5.36. The van der Waals surface area contributed by atoms with E-state index in [0.29, 0.717) is 27.8 Å². The van der Waals surface area contributed by atoms with Crippen molar-refractivity contribution < 1.29 is 14.7 Å². The summed E-state index contributed by atoms with van der Waals surface area (Å²) in [5.74, 6) is 6.17. The predicted octanol–water partition coefficient (Wildman–Crippen LogP) is 5.54. The molecule has 2 heterocycles. The van der Waals surface area contributed by atoms with Crippen LogP contribution in [0.1, 0.15) is 43.5 Å². The van der Waals surface area contributed by atoms with Crippen molar-refractivity contribution in [2.24, 2.45) is 0 Å². The molecule has 6 rings (SSSR count). The number of piperazine rings is 1. The van der Waals surface area contributed by atoms with Crippen LogP contribution in [-0.4, -0.2) is 64.8 Å². The van der Waals surface area contributed by atoms with Crippen molar-refractivity contribution in [2.45, 2.75) is 6.10 Å². The third-order valence-corrected chi connectivity index (χ3v) is 7.81. The van der Waals surface area contributed by atoms with E-state index >= 15 is 0 Å². The van der Waals surface area contributed by atoms with Crippen LogP contribution in [0.2, 0.25) is 0 Å². The van der Waals surface area contributed by atoms with Crippen molar-refractivity contribution in [3.8, 4) is 23.0 Å². The monoisotopic (exact) mass is 553 g/mol. The number of H-pyrrole nitrogens is 1. The molecule has 6 heteroatoms. The number of rotatable bonds is 5. The average Bonchev–Trinajstić information content (AvgIpc) is 3.52. The fraction of sp³-hybridized carbons (Fsp3) is 0.167. The summed E-state index contributed by atoms with van der Waals surface area (Å²) in [5, 5.41) is 12.4. The van der Waals surface area contributed by atoms with Gasteiger partial charge in [0.2, 0.25) is 0 Å². The van der Waals surface area contributed by atoms with E-state index in [4.69, 9.17) is 0 Å². The zero-order valence-electron chi connectivity index (χ0n) is 23.4. The number of carbonyl (C=O) groups excluding carboxylic acids is 2. The second kappa shape index (κ2) is 11.9. The minimum Gasteiger partial charge on any atom is -0.380 e. The maximum atomic E-state index is 13.3. The molecule has 1 aromatic heterocycles. The predicted molar refractivity (Wildman–Crippen MR) is 165 cm³/mol. The molecular weight excluding hydrogens is 522 g/mol. The van der Waals surface area contributed by atoms with E-state index in [0.717, 1.165) is 48.2 Å². The molecule has 0 saturated carbocycles. The maximum Gasteiger partial charge on any atom is 0.253 e. The van der Waals surface area contributed by atoms with Gasteiger partial charge >= 0.3 is 0 Å². The molecule has 1 atom stereocenters. The molecule has 42 heavy (non-hydrogen) atoms. The van der Waals surface area contributed by atoms with E-state index in [2.05, 4.69) is 28.8 Å². The Balaban J connectivity index is 1.35. The second-order valence-electron chi connectivity index (χ2n) is 10.6. The van der Waals surface area contributed by atoms with Crippen LogP contribution in [0.3, 0.4) is 0 Å². The molecule has 0 spiro atoms. The molecule has 0 radical (unpaired) electrons. The molecule has 1 unspecified atom stereocenters. The first-order chi connectivity index (χ1) is 20.5. The van der Waals surface area contributed by atoms with Crippen molar-refractivity contribution in [3.63, 3.8) is 0 Å². The van der Waals surface area contributed by atoms with Gasteiger partial charge in [-0.05, 0) is 66.0 Å². The van der Waals surface area contributed by atoms with E-state index < -0.39 is 6.10 Å². The minimum atomic E-state index is -1.36. The van der Waals surface area contributed by atoms with E-state index in [1.54, 1.807) is 30.3 Å². The molecule has 5 aromatic rings. The van der Waals surface area contributed by atoms with Crippen LogP contribution < -0.4 is 0 Å². The Labute approximate surface area is 245 Å². The van der Waals surface area contributed by atoms with Crippen molar-refractivity contribution in [2.75, 3.05) is 33.2 Å². The third-order valence-electron chi connectivity index (χ3n) is 7.81. The number of aromatic nitrogens is 1. The number of amides is 1. The summed E-state index contributed by atoms with van der Waals surface area (Å²) in [6, 6.07) is 29.7. The first kappa shape index (κ1) is 27.2. The second-order valence-corrected chi connectivity index (χ2v) is 10.6. The molecule has 0 bridgehead atoms. The van der Waals surface area contributed by atoms with Crippen LogP contribution in [-0.2, 0) is 0 Å². The van der Waals surface area contributed by atoms with E-state index in [-0.39, 0.29) is 11.7 Å². The van der Waals surface area contributed by atoms with Gasteiger partial charge in [0.15, 0.2) is 5.78 Å². The molecule has 1 saturated heterocycles. The van der Waals surface area contributed by atoms with Crippen LogP contribution in [0.5, 0.6) is 0 Å². The van der Waals surface area contributed by atoms with Gasteiger partial charge in [0.05, 0.1) is 0 Å². The molecule has 208 valence electrons. The van der Waals surface area contributed by atoms with Crippen molar-refractivity contribution >= 4 is 22.6 Å². The maximum absolute atomic E-state index is 13.3. The van der Waals surface area contributed by atoms with E-state index in [1.807, 2.05) is 77.8 Å². The first-order valence-electron chi connectivity index (χ1n) is 14.1. The van der Waals surface area contributed by atoms with Crippen LogP contribution >= 0.6 is 0 Å². The van der Waals surface area contributed by atoms with Gasteiger partial charge in [-0.2, -0.15) is 0 Å². The lowest BCUT2D eigenvalue weighted by atomic mass is 9.88. The fourth-order valence-electron chi connectivity index (χ4n) is 5.36. The summed E-state index contributed by atoms with van der Waals surface area (Å²) >= 11 is 0. The summed E-state index contributed by atoms with van der Waals surface area (Å²) in [4.78, 5) is 33.6. The minimum absolute atomic E-state index is 0.0365. The SMILES string of the molecule is CN1CCN(C(=O)c2ccc(C#Cc3cccc(C(O)C(=O)c4ccccc4)c3-c3ccc4cc[nH]c4c3)cc2)CC1. The number of Topliss-reactive ketones (excluding diaryl/α,β-unsaturated/α-hetero) is 1. The van der Waals surface area contributed by atoms with Crippen LogP contribution in [0.15, 0.2) is 103 Å². The zero-order valence-corrected chi connectivity index (χ0v) is 23.4. The van der Waals surface area contributed by atoms with Crippen LogP contribution in [0.4, 0.5) is 0 Å². The molecule has 1 aliphatic rings. The molecule has 1 aliphatic heterocycles. The van der Waals surface area contributed by atoms with Crippen molar-refractivity contribution in [3.05, 3.63) is 131 Å². The Bertz CT molecular complexity index is 1810. The highest BCUT2D eigenvalue weighted by Crippen LogP contribution is 2.34. The number of nitrogens with one attached hydrogen (secondary N) is 1. The lowest BCUT2D eigenvalue weighted by molar-refractivity contribution is 0.0664. The Morgan fingerprint density at radius 1 is 0.810 bits per heavy atom. The molecule has 0 aliphatic carbocycles. The first-order valence-corrected chi connectivity index (χ1v) is 14.1. The summed E-state index contributed by atoms with van der Waals surface area (Å²) < 4.78 is 0. The number of carbonyl (C=O) groups is 2. The lowest BCUT2D eigenvalue weighted by Gasteiger charge is -2.32. The average molecular weight is 554 g/mol. The summed E-state index contributed by atoms with van der Waals surface area (Å²) in [5.41, 5.74) is 5.55. The quantitative estimate of drug-likeness (QED) is 0.221. The van der Waals surface area contributed by atoms with Crippen LogP contribution in [0, 0.1) is 11.8 Å². The lowest BCUT2D eigenvalue weighted by Crippen LogP contribution is -2.47. The standard InChI is InChI=1S/C36H31N3O3/c1-38-20-22-39(23-21-38)36(42)29-14-11-25(12-15-29)10-13-27-8-5-9-31(35(41)34(40)28-6-3-2-4-7-28)33(27)30-17-16-26-18-19-37-32(26)24-30/h2-9,11-12,14-19,24,35,37,41H,20-23H2,1H3. The number of fused-ring (bicyclic) bond motifs is 1. The van der Waals surface area contributed by atoms with Gasteiger partial charge in [-0.25, -0.2) is 0 Å². The highest BCUT2D eigenvalue weighted by Gasteiger charge is 2.24. The summed E-state index contributed by atoms with van der Waals surface area (Å²) in [6.07, 6.45) is 0.524. The largest absolute Gasteiger partial charge is 0.380 e. The summed E-state index contributed by atoms with van der Waals surface area (Å²) in [6.45, 7) is 3.20. The Morgan fingerprint density at radius 2 is 1.57 bits per heavy atom. The summed E-state index contributed by atoms with van der Waals surface area (Å²) in [7, 11) is 2.07. The zero-order chi connectivity index (χ0) is 29.1. The molecule has 6 nitrogen and oxygen atoms in total. The normalized spacial score (nSPS) is 14.3. The highest BCUT2D eigenvalue weighted by molar-refractivity contribution is 6.01. The number of aromatic amines is 1. The molecule has 2 N–H and O–H groups in total. The van der Waals surface area contributed by atoms with Crippen LogP contribution in [0.25, 0.3) is 22.0 Å². The molecule has 1 fully saturated rings. The number of aliphatic hydroxyl groups excluding tert-OH is 1. The van der Waals surface area contributed by atoms with Gasteiger partial charge in [0.1, 0.15) is 6.10 Å². The Morgan fingerprint density at radius 3 is 2.33 bits per heavy atom. The van der Waals surface area contributed by atoms with Gasteiger partial charge in [-0.3, -0.25) is 9.59 Å². The molecular formula is C36H31N3O3. The van der Waals surface area contributed by atoms with Gasteiger partial charge in [0, 0.05) is 65.7 Å². The highest BCUT2D eigenvalue weighted by atomic mass is 16.3. The van der Waals surface area contributed by atoms with Crippen molar-refractivity contribution in [1.82, 2.24) is 14.8 Å². The number of benzene rings is 4. The molecule has 4 aromatic carbocycles. The number of hydrogen-bond donors (Lipinski definition) is 2. The number of nitrogens with zero attached hydrogens (tertiary/aromatic N) is 2. The Hall–Kier alpha value is -4.96. The van der Waals surface area contributed by atoms with E-state index in [1.165, 1.54) is 0 Å². The van der Waals surface area contributed by atoms with Gasteiger partial charge < -0.3 is 19.9 Å². The van der Waals surface area contributed by atoms with Crippen molar-refractivity contribution in [1.29, 1.82) is 0 Å². The van der Waals surface area contributed by atoms with Gasteiger partial charge in [0.25, 0.3) is 5.91 Å².